The van der Waals surface area contributed by atoms with Crippen molar-refractivity contribution in [3.63, 3.8) is 0 Å². The number of hydrogen-bond donors (Lipinski definition) is 3. The summed E-state index contributed by atoms with van der Waals surface area (Å²) in [6.07, 6.45) is 0.613. The molecule has 6 nitrogen and oxygen atoms in total. The highest BCUT2D eigenvalue weighted by atomic mass is 19.1. The van der Waals surface area contributed by atoms with Crippen molar-refractivity contribution in [1.82, 2.24) is 10.6 Å². The van der Waals surface area contributed by atoms with Gasteiger partial charge in [-0.25, -0.2) is 8.78 Å². The zero-order chi connectivity index (χ0) is 26.6. The molecular formula is C28H37F2N3O3. The highest BCUT2D eigenvalue weighted by Crippen LogP contribution is 2.36. The summed E-state index contributed by atoms with van der Waals surface area (Å²) < 4.78 is 27.3. The first-order chi connectivity index (χ1) is 16.8. The molecule has 2 aromatic carbocycles. The number of nitrogens with one attached hydrogen (secondary N) is 2. The summed E-state index contributed by atoms with van der Waals surface area (Å²) in [6.45, 7) is 10.1. The molecule has 36 heavy (non-hydrogen) atoms. The Hall–Kier alpha value is -2.84. The first-order valence-electron chi connectivity index (χ1n) is 12.4. The summed E-state index contributed by atoms with van der Waals surface area (Å²) in [6, 6.07) is 8.51. The van der Waals surface area contributed by atoms with Crippen LogP contribution in [0.3, 0.4) is 0 Å². The van der Waals surface area contributed by atoms with Crippen molar-refractivity contribution in [2.45, 2.75) is 72.1 Å². The van der Waals surface area contributed by atoms with Gasteiger partial charge in [-0.2, -0.15) is 0 Å². The van der Waals surface area contributed by atoms with E-state index >= 15 is 0 Å². The second-order valence-corrected chi connectivity index (χ2v) is 10.9. The smallest absolute Gasteiger partial charge is 0.223 e. The van der Waals surface area contributed by atoms with Crippen LogP contribution in [0, 0.1) is 17.0 Å². The van der Waals surface area contributed by atoms with Gasteiger partial charge in [-0.05, 0) is 59.6 Å². The number of aliphatic hydroxyl groups excluding tert-OH is 1. The minimum atomic E-state index is -1.01. The number of amides is 2. The predicted octanol–water partition coefficient (Wildman–Crippen LogP) is 4.05. The number of rotatable bonds is 8. The lowest BCUT2D eigenvalue weighted by Gasteiger charge is -2.36. The van der Waals surface area contributed by atoms with Crippen LogP contribution in [-0.4, -0.2) is 42.2 Å². The van der Waals surface area contributed by atoms with E-state index < -0.39 is 23.8 Å². The fourth-order valence-corrected chi connectivity index (χ4v) is 4.86. The number of aliphatic hydroxyl groups is 1. The van der Waals surface area contributed by atoms with Gasteiger partial charge in [-0.3, -0.25) is 9.59 Å². The molecule has 3 atom stereocenters. The van der Waals surface area contributed by atoms with Crippen molar-refractivity contribution >= 4 is 17.5 Å². The number of halogens is 2. The minimum absolute atomic E-state index is 0.0219. The molecule has 0 aliphatic carbocycles. The maximum absolute atomic E-state index is 13.7. The van der Waals surface area contributed by atoms with E-state index in [1.165, 1.54) is 24.6 Å². The quantitative estimate of drug-likeness (QED) is 0.510. The summed E-state index contributed by atoms with van der Waals surface area (Å²) >= 11 is 0. The molecule has 3 rings (SSSR count). The second kappa shape index (κ2) is 11.5. The molecule has 1 aliphatic rings. The van der Waals surface area contributed by atoms with Crippen LogP contribution in [0.1, 0.15) is 63.8 Å². The van der Waals surface area contributed by atoms with Gasteiger partial charge in [-0.15, -0.1) is 0 Å². The molecular weight excluding hydrogens is 464 g/mol. The second-order valence-electron chi connectivity index (χ2n) is 10.9. The molecule has 0 saturated carbocycles. The molecule has 0 fully saturated rings. The highest BCUT2D eigenvalue weighted by molar-refractivity contribution is 5.93. The first kappa shape index (κ1) is 27.7. The number of hydrogen-bond acceptors (Lipinski definition) is 4. The maximum atomic E-state index is 13.7. The molecule has 0 spiro atoms. The van der Waals surface area contributed by atoms with Crippen LogP contribution >= 0.6 is 0 Å². The van der Waals surface area contributed by atoms with E-state index in [0.29, 0.717) is 18.5 Å². The molecule has 3 N–H and O–H groups in total. The molecule has 0 radical (unpaired) electrons. The van der Waals surface area contributed by atoms with Crippen molar-refractivity contribution in [1.29, 1.82) is 0 Å². The van der Waals surface area contributed by atoms with Gasteiger partial charge in [0.1, 0.15) is 11.6 Å². The molecule has 196 valence electrons. The lowest BCUT2D eigenvalue weighted by Crippen LogP contribution is -2.49. The van der Waals surface area contributed by atoms with Crippen molar-refractivity contribution < 1.29 is 23.5 Å². The van der Waals surface area contributed by atoms with Crippen molar-refractivity contribution in [3.05, 3.63) is 64.7 Å². The van der Waals surface area contributed by atoms with Crippen LogP contribution < -0.4 is 15.5 Å². The Morgan fingerprint density at radius 2 is 1.75 bits per heavy atom. The number of fused-ring (bicyclic) bond motifs is 1. The number of anilines is 1. The van der Waals surface area contributed by atoms with Crippen LogP contribution in [0.2, 0.25) is 0 Å². The summed E-state index contributed by atoms with van der Waals surface area (Å²) in [5.74, 6) is -1.78. The number of nitrogens with zero attached hydrogens (tertiary/aromatic N) is 1. The Balaban J connectivity index is 1.79. The summed E-state index contributed by atoms with van der Waals surface area (Å²) in [4.78, 5) is 25.8. The van der Waals surface area contributed by atoms with E-state index in [1.54, 1.807) is 11.8 Å². The number of carbonyl (C=O) groups is 2. The summed E-state index contributed by atoms with van der Waals surface area (Å²) in [5.41, 5.74) is 3.46. The van der Waals surface area contributed by atoms with Crippen LogP contribution in [0.4, 0.5) is 14.5 Å². The molecule has 8 heteroatoms. The SMILES string of the molecule is CC(=O)N[C@@H](Cc1cc(F)cc(F)c1)[C@@H](O)CN[C@H]1CCN(C(C)=O)c2ccc(CC(C)(C)C)cc21. The third kappa shape index (κ3) is 7.58. The van der Waals surface area contributed by atoms with Crippen LogP contribution in [0.25, 0.3) is 0 Å². The van der Waals surface area contributed by atoms with Gasteiger partial charge in [0.05, 0.1) is 12.1 Å². The molecule has 1 heterocycles. The minimum Gasteiger partial charge on any atom is -0.390 e. The molecule has 0 saturated heterocycles. The van der Waals surface area contributed by atoms with Crippen LogP contribution in [-0.2, 0) is 22.4 Å². The zero-order valence-corrected chi connectivity index (χ0v) is 21.7. The Morgan fingerprint density at radius 1 is 1.08 bits per heavy atom. The van der Waals surface area contributed by atoms with Crippen molar-refractivity contribution in [2.75, 3.05) is 18.0 Å². The fourth-order valence-electron chi connectivity index (χ4n) is 4.86. The largest absolute Gasteiger partial charge is 0.390 e. The Bertz CT molecular complexity index is 1080. The molecule has 0 unspecified atom stereocenters. The third-order valence-corrected chi connectivity index (χ3v) is 6.32. The average molecular weight is 502 g/mol. The Labute approximate surface area is 212 Å². The van der Waals surface area contributed by atoms with Gasteiger partial charge < -0.3 is 20.6 Å². The van der Waals surface area contributed by atoms with Gasteiger partial charge in [0.25, 0.3) is 0 Å². The van der Waals surface area contributed by atoms with E-state index in [1.807, 2.05) is 6.07 Å². The van der Waals surface area contributed by atoms with Crippen LogP contribution in [0.15, 0.2) is 36.4 Å². The lowest BCUT2D eigenvalue weighted by atomic mass is 9.85. The number of benzene rings is 2. The van der Waals surface area contributed by atoms with Gasteiger partial charge in [0.15, 0.2) is 0 Å². The van der Waals surface area contributed by atoms with Gasteiger partial charge in [0.2, 0.25) is 11.8 Å². The first-order valence-corrected chi connectivity index (χ1v) is 12.4. The zero-order valence-electron chi connectivity index (χ0n) is 21.7. The van der Waals surface area contributed by atoms with E-state index in [2.05, 4.69) is 43.5 Å². The van der Waals surface area contributed by atoms with E-state index in [4.69, 9.17) is 0 Å². The molecule has 2 aromatic rings. The lowest BCUT2D eigenvalue weighted by molar-refractivity contribution is -0.120. The topological polar surface area (TPSA) is 81.7 Å². The van der Waals surface area contributed by atoms with Crippen LogP contribution in [0.5, 0.6) is 0 Å². The molecule has 0 bridgehead atoms. The highest BCUT2D eigenvalue weighted by Gasteiger charge is 2.29. The molecule has 1 aliphatic heterocycles. The molecule has 0 aromatic heterocycles. The summed E-state index contributed by atoms with van der Waals surface area (Å²) in [5, 5.41) is 17.1. The van der Waals surface area contributed by atoms with E-state index in [9.17, 15) is 23.5 Å². The monoisotopic (exact) mass is 501 g/mol. The average Bonchev–Trinajstić information content (AvgIpc) is 2.74. The van der Waals surface area contributed by atoms with Crippen molar-refractivity contribution in [3.8, 4) is 0 Å². The third-order valence-electron chi connectivity index (χ3n) is 6.32. The Morgan fingerprint density at radius 3 is 2.33 bits per heavy atom. The van der Waals surface area contributed by atoms with Gasteiger partial charge >= 0.3 is 0 Å². The normalized spacial score (nSPS) is 17.3. The van der Waals surface area contributed by atoms with E-state index in [0.717, 1.165) is 23.7 Å². The predicted molar refractivity (Wildman–Crippen MR) is 137 cm³/mol. The van der Waals surface area contributed by atoms with Crippen molar-refractivity contribution in [2.24, 2.45) is 5.41 Å². The fraction of sp³-hybridized carbons (Fsp3) is 0.500. The van der Waals surface area contributed by atoms with Gasteiger partial charge in [-0.1, -0.05) is 32.9 Å². The molecule has 2 amide bonds. The van der Waals surface area contributed by atoms with E-state index in [-0.39, 0.29) is 36.2 Å². The standard InChI is InChI=1S/C28H37F2N3O3/c1-17(34)32-25(13-20-10-21(29)14-22(30)11-20)27(36)16-31-24-8-9-33(18(2)35)26-7-6-19(12-23(24)26)15-28(3,4)5/h6-7,10-12,14,24-25,27,31,36H,8-9,13,15-16H2,1-5H3,(H,32,34)/t24-,25-,27-/m0/s1. The Kier molecular flexibility index (Phi) is 8.84. The maximum Gasteiger partial charge on any atom is 0.223 e. The summed E-state index contributed by atoms with van der Waals surface area (Å²) in [7, 11) is 0. The number of carbonyl (C=O) groups excluding carboxylic acids is 2. The van der Waals surface area contributed by atoms with Gasteiger partial charge in [0, 0.05) is 44.7 Å².